The van der Waals surface area contributed by atoms with Crippen LogP contribution in [0.25, 0.3) is 0 Å². The van der Waals surface area contributed by atoms with Gasteiger partial charge in [-0.3, -0.25) is 9.00 Å². The number of amides is 1. The van der Waals surface area contributed by atoms with E-state index in [9.17, 15) is 9.00 Å². The van der Waals surface area contributed by atoms with Crippen LogP contribution in [0.5, 0.6) is 0 Å². The molecule has 0 aromatic rings. The van der Waals surface area contributed by atoms with Gasteiger partial charge in [0.05, 0.1) is 10.4 Å². The Balaban J connectivity index is 4.27. The summed E-state index contributed by atoms with van der Waals surface area (Å²) in [4.78, 5) is 11.8. The van der Waals surface area contributed by atoms with Gasteiger partial charge in [-0.05, 0) is 20.8 Å². The minimum absolute atomic E-state index is 0.0731. The molecule has 6 heteroatoms. The maximum Gasteiger partial charge on any atom is 0.232 e. The lowest BCUT2D eigenvalue weighted by atomic mass is 9.92. The molecule has 0 spiro atoms. The van der Waals surface area contributed by atoms with Crippen LogP contribution in [-0.4, -0.2) is 33.2 Å². The van der Waals surface area contributed by atoms with Gasteiger partial charge in [0.15, 0.2) is 0 Å². The predicted molar refractivity (Wildman–Crippen MR) is 67.1 cm³/mol. The highest BCUT2D eigenvalue weighted by atomic mass is 32.2. The first-order valence-corrected chi connectivity index (χ1v) is 6.63. The van der Waals surface area contributed by atoms with Crippen LogP contribution in [-0.2, 0) is 15.6 Å². The van der Waals surface area contributed by atoms with Crippen molar-refractivity contribution in [3.05, 3.63) is 0 Å². The SMILES string of the molecule is CC(CNC(=O)C(C)(C)C(N)=S)S(C)=O. The maximum absolute atomic E-state index is 11.7. The molecule has 1 amide bonds. The van der Waals surface area contributed by atoms with Crippen LogP contribution >= 0.6 is 12.2 Å². The molecule has 0 saturated carbocycles. The molecule has 0 aromatic carbocycles. The third-order valence-electron chi connectivity index (χ3n) is 2.30. The Bertz CT molecular complexity index is 290. The van der Waals surface area contributed by atoms with Crippen LogP contribution in [0, 0.1) is 5.41 Å². The van der Waals surface area contributed by atoms with Gasteiger partial charge in [0.2, 0.25) is 5.91 Å². The van der Waals surface area contributed by atoms with Crippen molar-refractivity contribution < 1.29 is 9.00 Å². The van der Waals surface area contributed by atoms with E-state index >= 15 is 0 Å². The Kier molecular flexibility index (Phi) is 5.37. The highest BCUT2D eigenvalue weighted by Crippen LogP contribution is 2.15. The van der Waals surface area contributed by atoms with E-state index in [0.29, 0.717) is 6.54 Å². The number of thiocarbonyl (C=S) groups is 1. The molecule has 0 rings (SSSR count). The predicted octanol–water partition coefficient (Wildman–Crippen LogP) is 0.182. The molecule has 4 nitrogen and oxygen atoms in total. The molecule has 0 radical (unpaired) electrons. The molecule has 0 fully saturated rings. The normalized spacial score (nSPS) is 15.5. The van der Waals surface area contributed by atoms with Gasteiger partial charge in [-0.15, -0.1) is 0 Å². The molecule has 0 heterocycles. The zero-order valence-electron chi connectivity index (χ0n) is 9.49. The van der Waals surface area contributed by atoms with Crippen LogP contribution in [0.15, 0.2) is 0 Å². The van der Waals surface area contributed by atoms with Crippen molar-refractivity contribution in [2.75, 3.05) is 12.8 Å². The van der Waals surface area contributed by atoms with Gasteiger partial charge in [0.25, 0.3) is 0 Å². The molecule has 88 valence electrons. The first kappa shape index (κ1) is 14.5. The topological polar surface area (TPSA) is 72.2 Å². The van der Waals surface area contributed by atoms with Crippen LogP contribution in [0.1, 0.15) is 20.8 Å². The molecule has 0 bridgehead atoms. The van der Waals surface area contributed by atoms with Gasteiger partial charge in [-0.25, -0.2) is 0 Å². The molecule has 0 aliphatic rings. The zero-order chi connectivity index (χ0) is 12.2. The molecular formula is C9H18N2O2S2. The quantitative estimate of drug-likeness (QED) is 0.683. The summed E-state index contributed by atoms with van der Waals surface area (Å²) >= 11 is 4.80. The summed E-state index contributed by atoms with van der Waals surface area (Å²) in [5.74, 6) is -0.229. The van der Waals surface area contributed by atoms with Crippen molar-refractivity contribution in [3.8, 4) is 0 Å². The molecule has 3 N–H and O–H groups in total. The van der Waals surface area contributed by atoms with Crippen LogP contribution in [0.4, 0.5) is 0 Å². The molecule has 0 aliphatic carbocycles. The Morgan fingerprint density at radius 3 is 2.40 bits per heavy atom. The van der Waals surface area contributed by atoms with Crippen LogP contribution in [0.3, 0.4) is 0 Å². The Labute approximate surface area is 98.4 Å². The van der Waals surface area contributed by atoms with Crippen molar-refractivity contribution in [2.45, 2.75) is 26.0 Å². The second kappa shape index (κ2) is 5.55. The lowest BCUT2D eigenvalue weighted by Gasteiger charge is -2.22. The summed E-state index contributed by atoms with van der Waals surface area (Å²) in [6.45, 7) is 5.51. The standard InChI is InChI=1S/C9H18N2O2S2/c1-6(15(4)13)5-11-8(12)9(2,3)7(10)14/h6H,5H2,1-4H3,(H2,10,14)(H,11,12). The van der Waals surface area contributed by atoms with E-state index in [4.69, 9.17) is 18.0 Å². The average molecular weight is 250 g/mol. The van der Waals surface area contributed by atoms with Crippen molar-refractivity contribution in [3.63, 3.8) is 0 Å². The fourth-order valence-electron chi connectivity index (χ4n) is 0.687. The van der Waals surface area contributed by atoms with E-state index in [1.54, 1.807) is 20.1 Å². The third-order valence-corrected chi connectivity index (χ3v) is 4.11. The smallest absolute Gasteiger partial charge is 0.232 e. The van der Waals surface area contributed by atoms with E-state index < -0.39 is 16.2 Å². The summed E-state index contributed by atoms with van der Waals surface area (Å²) in [6.07, 6.45) is 1.61. The van der Waals surface area contributed by atoms with Crippen molar-refractivity contribution in [2.24, 2.45) is 11.1 Å². The fourth-order valence-corrected chi connectivity index (χ4v) is 1.10. The Morgan fingerprint density at radius 2 is 2.07 bits per heavy atom. The Morgan fingerprint density at radius 1 is 1.60 bits per heavy atom. The largest absolute Gasteiger partial charge is 0.392 e. The molecule has 2 unspecified atom stereocenters. The van der Waals surface area contributed by atoms with Crippen LogP contribution < -0.4 is 11.1 Å². The summed E-state index contributed by atoms with van der Waals surface area (Å²) in [6, 6.07) is 0. The highest BCUT2D eigenvalue weighted by molar-refractivity contribution is 7.84. The number of hydrogen-bond donors (Lipinski definition) is 2. The van der Waals surface area contributed by atoms with Crippen LogP contribution in [0.2, 0.25) is 0 Å². The minimum atomic E-state index is -0.943. The van der Waals surface area contributed by atoms with E-state index in [-0.39, 0.29) is 16.1 Å². The molecule has 15 heavy (non-hydrogen) atoms. The highest BCUT2D eigenvalue weighted by Gasteiger charge is 2.30. The van der Waals surface area contributed by atoms with Gasteiger partial charge in [0.1, 0.15) is 0 Å². The maximum atomic E-state index is 11.7. The van der Waals surface area contributed by atoms with E-state index in [2.05, 4.69) is 5.32 Å². The summed E-state index contributed by atoms with van der Waals surface area (Å²) in [5, 5.41) is 2.61. The summed E-state index contributed by atoms with van der Waals surface area (Å²) in [7, 11) is -0.943. The first-order valence-electron chi connectivity index (χ1n) is 4.60. The molecule has 2 atom stereocenters. The molecule has 0 saturated heterocycles. The van der Waals surface area contributed by atoms with Gasteiger partial charge in [-0.2, -0.15) is 0 Å². The number of carbonyl (C=O) groups is 1. The lowest BCUT2D eigenvalue weighted by Crippen LogP contribution is -2.46. The van der Waals surface area contributed by atoms with Gasteiger partial charge in [-0.1, -0.05) is 12.2 Å². The average Bonchev–Trinajstić information content (AvgIpc) is 2.12. The summed E-state index contributed by atoms with van der Waals surface area (Å²) in [5.41, 5.74) is 4.59. The monoisotopic (exact) mass is 250 g/mol. The number of carbonyl (C=O) groups excluding carboxylic acids is 1. The van der Waals surface area contributed by atoms with Gasteiger partial charge >= 0.3 is 0 Å². The van der Waals surface area contributed by atoms with Crippen molar-refractivity contribution in [1.82, 2.24) is 5.32 Å². The van der Waals surface area contributed by atoms with E-state index in [0.717, 1.165) is 0 Å². The second-order valence-corrected chi connectivity index (χ2v) is 6.25. The third kappa shape index (κ3) is 4.25. The minimum Gasteiger partial charge on any atom is -0.392 e. The first-order chi connectivity index (χ1) is 6.69. The van der Waals surface area contributed by atoms with Crippen molar-refractivity contribution in [1.29, 1.82) is 0 Å². The molecule has 0 aliphatic heterocycles. The van der Waals surface area contributed by atoms with Gasteiger partial charge < -0.3 is 11.1 Å². The van der Waals surface area contributed by atoms with Crippen molar-refractivity contribution >= 4 is 33.9 Å². The van der Waals surface area contributed by atoms with E-state index in [1.807, 2.05) is 6.92 Å². The summed E-state index contributed by atoms with van der Waals surface area (Å²) < 4.78 is 11.0. The number of nitrogens with two attached hydrogens (primary N) is 1. The van der Waals surface area contributed by atoms with Gasteiger partial charge in [0, 0.05) is 28.9 Å². The number of nitrogens with one attached hydrogen (secondary N) is 1. The number of hydrogen-bond acceptors (Lipinski definition) is 3. The molecule has 0 aromatic heterocycles. The number of rotatable bonds is 5. The molecular weight excluding hydrogens is 232 g/mol. The fraction of sp³-hybridized carbons (Fsp3) is 0.778. The van der Waals surface area contributed by atoms with E-state index in [1.165, 1.54) is 0 Å². The zero-order valence-corrected chi connectivity index (χ0v) is 11.1. The lowest BCUT2D eigenvalue weighted by molar-refractivity contribution is -0.126. The second-order valence-electron chi connectivity index (χ2n) is 4.01. The Hall–Kier alpha value is -0.490.